The summed E-state index contributed by atoms with van der Waals surface area (Å²) >= 11 is 0. The first kappa shape index (κ1) is 17.6. The van der Waals surface area contributed by atoms with Crippen molar-refractivity contribution in [1.29, 1.82) is 0 Å². The van der Waals surface area contributed by atoms with Crippen LogP contribution in [0.3, 0.4) is 0 Å². The van der Waals surface area contributed by atoms with Crippen molar-refractivity contribution in [2.24, 2.45) is 0 Å². The number of carbonyl (C=O) groups excluding carboxylic acids is 2. The van der Waals surface area contributed by atoms with Gasteiger partial charge in [0, 0.05) is 6.54 Å². The number of methoxy groups -OCH3 is 1. The zero-order chi connectivity index (χ0) is 17.8. The summed E-state index contributed by atoms with van der Waals surface area (Å²) in [5, 5.41) is 0. The van der Waals surface area contributed by atoms with Crippen molar-refractivity contribution in [3.63, 3.8) is 0 Å². The van der Waals surface area contributed by atoms with Crippen molar-refractivity contribution in [3.05, 3.63) is 29.8 Å². The van der Waals surface area contributed by atoms with Crippen LogP contribution in [0.4, 0.5) is 4.79 Å². The Hall–Kier alpha value is -2.24. The Kier molecular flexibility index (Phi) is 5.46. The molecule has 2 amide bonds. The second-order valence-electron chi connectivity index (χ2n) is 6.62. The van der Waals surface area contributed by atoms with Gasteiger partial charge < -0.3 is 14.4 Å². The molecule has 0 saturated carbocycles. The van der Waals surface area contributed by atoms with E-state index < -0.39 is 12.1 Å². The summed E-state index contributed by atoms with van der Waals surface area (Å²) in [6.07, 6.45) is 3.10. The molecule has 0 aromatic heterocycles. The topological polar surface area (TPSA) is 59.1 Å². The number of likely N-dealkylation sites (tertiary alicyclic amines) is 2. The summed E-state index contributed by atoms with van der Waals surface area (Å²) in [5.74, 6) is 0.907. The van der Waals surface area contributed by atoms with Crippen LogP contribution < -0.4 is 4.74 Å². The van der Waals surface area contributed by atoms with Crippen molar-refractivity contribution in [3.8, 4) is 5.75 Å². The van der Waals surface area contributed by atoms with E-state index in [4.69, 9.17) is 9.47 Å². The van der Waals surface area contributed by atoms with Gasteiger partial charge in [-0.2, -0.15) is 0 Å². The minimum Gasteiger partial charge on any atom is -0.486 e. The number of piperidine rings is 1. The van der Waals surface area contributed by atoms with Crippen LogP contribution in [0.1, 0.15) is 31.7 Å². The Labute approximate surface area is 148 Å². The Morgan fingerprint density at radius 3 is 2.68 bits per heavy atom. The van der Waals surface area contributed by atoms with Crippen LogP contribution in [0.2, 0.25) is 0 Å². The average Bonchev–Trinajstić information content (AvgIpc) is 2.63. The van der Waals surface area contributed by atoms with E-state index in [0.29, 0.717) is 26.1 Å². The summed E-state index contributed by atoms with van der Waals surface area (Å²) in [6.45, 7) is 3.83. The average molecular weight is 346 g/mol. The molecule has 6 heteroatoms. The molecule has 1 aromatic carbocycles. The second-order valence-corrected chi connectivity index (χ2v) is 6.62. The lowest BCUT2D eigenvalue weighted by Crippen LogP contribution is -2.62. The summed E-state index contributed by atoms with van der Waals surface area (Å²) in [5.41, 5.74) is 1.18. The molecule has 1 atom stereocenters. The molecule has 2 aliphatic rings. The number of rotatable bonds is 4. The van der Waals surface area contributed by atoms with Gasteiger partial charge in [-0.15, -0.1) is 0 Å². The van der Waals surface area contributed by atoms with Crippen LogP contribution >= 0.6 is 0 Å². The van der Waals surface area contributed by atoms with E-state index in [0.717, 1.165) is 25.0 Å². The van der Waals surface area contributed by atoms with Crippen molar-refractivity contribution < 1.29 is 19.1 Å². The maximum Gasteiger partial charge on any atom is 0.410 e. The molecule has 2 fully saturated rings. The quantitative estimate of drug-likeness (QED) is 0.840. The maximum absolute atomic E-state index is 12.8. The van der Waals surface area contributed by atoms with Gasteiger partial charge >= 0.3 is 6.09 Å². The van der Waals surface area contributed by atoms with E-state index in [1.807, 2.05) is 18.2 Å². The summed E-state index contributed by atoms with van der Waals surface area (Å²) in [7, 11) is 1.36. The Bertz CT molecular complexity index is 628. The minimum absolute atomic E-state index is 0.00808. The van der Waals surface area contributed by atoms with Crippen LogP contribution in [0, 0.1) is 0 Å². The lowest BCUT2D eigenvalue weighted by atomic mass is 9.99. The summed E-state index contributed by atoms with van der Waals surface area (Å²) in [6, 6.07) is 7.61. The maximum atomic E-state index is 12.8. The van der Waals surface area contributed by atoms with Gasteiger partial charge in [-0.1, -0.05) is 25.1 Å². The number of para-hydroxylation sites is 1. The molecule has 25 heavy (non-hydrogen) atoms. The molecule has 0 unspecified atom stereocenters. The molecular formula is C19H26N2O4. The smallest absolute Gasteiger partial charge is 0.410 e. The highest BCUT2D eigenvalue weighted by Crippen LogP contribution is 2.26. The third-order valence-electron chi connectivity index (χ3n) is 5.00. The fourth-order valence-corrected chi connectivity index (χ4v) is 3.52. The molecule has 136 valence electrons. The van der Waals surface area contributed by atoms with E-state index in [1.54, 1.807) is 9.80 Å². The largest absolute Gasteiger partial charge is 0.486 e. The molecule has 6 nitrogen and oxygen atoms in total. The van der Waals surface area contributed by atoms with Gasteiger partial charge in [0.05, 0.1) is 20.2 Å². The Morgan fingerprint density at radius 1 is 1.20 bits per heavy atom. The Morgan fingerprint density at radius 2 is 1.96 bits per heavy atom. The molecule has 2 aliphatic heterocycles. The van der Waals surface area contributed by atoms with E-state index in [9.17, 15) is 9.59 Å². The normalized spacial score (nSPS) is 20.8. The summed E-state index contributed by atoms with van der Waals surface area (Å²) in [4.78, 5) is 28.0. The number of aryl methyl sites for hydroxylation is 1. The third-order valence-corrected chi connectivity index (χ3v) is 5.00. The van der Waals surface area contributed by atoms with Gasteiger partial charge in [-0.3, -0.25) is 9.69 Å². The van der Waals surface area contributed by atoms with Crippen LogP contribution in [-0.4, -0.2) is 60.7 Å². The van der Waals surface area contributed by atoms with Gasteiger partial charge in [-0.05, 0) is 37.3 Å². The lowest BCUT2D eigenvalue weighted by molar-refractivity contribution is -0.146. The molecule has 1 aromatic rings. The van der Waals surface area contributed by atoms with E-state index in [1.165, 1.54) is 12.7 Å². The molecule has 3 rings (SSSR count). The number of hydrogen-bond donors (Lipinski definition) is 0. The first-order valence-electron chi connectivity index (χ1n) is 9.02. The molecule has 0 aliphatic carbocycles. The van der Waals surface area contributed by atoms with Crippen molar-refractivity contribution >= 4 is 12.0 Å². The Balaban J connectivity index is 1.56. The molecule has 0 N–H and O–H groups in total. The minimum atomic E-state index is -0.414. The highest BCUT2D eigenvalue weighted by molar-refractivity contribution is 5.86. The third kappa shape index (κ3) is 3.72. The number of amides is 2. The lowest BCUT2D eigenvalue weighted by Gasteiger charge is -2.43. The molecular weight excluding hydrogens is 320 g/mol. The van der Waals surface area contributed by atoms with Crippen molar-refractivity contribution in [2.45, 2.75) is 44.8 Å². The predicted molar refractivity (Wildman–Crippen MR) is 93.6 cm³/mol. The van der Waals surface area contributed by atoms with E-state index >= 15 is 0 Å². The zero-order valence-electron chi connectivity index (χ0n) is 14.9. The van der Waals surface area contributed by atoms with E-state index in [-0.39, 0.29) is 12.0 Å². The summed E-state index contributed by atoms with van der Waals surface area (Å²) < 4.78 is 10.9. The number of hydrogen-bond acceptors (Lipinski definition) is 4. The predicted octanol–water partition coefficient (Wildman–Crippen LogP) is 2.46. The highest BCUT2D eigenvalue weighted by atomic mass is 16.5. The molecule has 0 bridgehead atoms. The van der Waals surface area contributed by atoms with Crippen LogP contribution in [0.15, 0.2) is 24.3 Å². The number of benzene rings is 1. The first-order chi connectivity index (χ1) is 12.1. The standard InChI is InChI=1S/C19H26N2O4/c1-3-14-8-4-5-10-17(14)25-15-12-20(13-15)18(22)16-9-6-7-11-21(16)19(23)24-2/h4-5,8,10,15-16H,3,6-7,9,11-13H2,1-2H3/t16-/m1/s1. The fourth-order valence-electron chi connectivity index (χ4n) is 3.52. The van der Waals surface area contributed by atoms with Crippen LogP contribution in [0.5, 0.6) is 5.75 Å². The second kappa shape index (κ2) is 7.76. The molecule has 2 heterocycles. The first-order valence-corrected chi connectivity index (χ1v) is 9.02. The van der Waals surface area contributed by atoms with Gasteiger partial charge in [0.2, 0.25) is 5.91 Å². The van der Waals surface area contributed by atoms with Gasteiger partial charge in [0.25, 0.3) is 0 Å². The van der Waals surface area contributed by atoms with Gasteiger partial charge in [-0.25, -0.2) is 4.79 Å². The van der Waals surface area contributed by atoms with Gasteiger partial charge in [0.1, 0.15) is 17.9 Å². The number of nitrogens with zero attached hydrogens (tertiary/aromatic N) is 2. The molecule has 0 radical (unpaired) electrons. The van der Waals surface area contributed by atoms with Crippen molar-refractivity contribution in [1.82, 2.24) is 9.80 Å². The van der Waals surface area contributed by atoms with E-state index in [2.05, 4.69) is 13.0 Å². The zero-order valence-corrected chi connectivity index (χ0v) is 14.9. The monoisotopic (exact) mass is 346 g/mol. The molecule has 2 saturated heterocycles. The fraction of sp³-hybridized carbons (Fsp3) is 0.579. The van der Waals surface area contributed by atoms with Crippen LogP contribution in [-0.2, 0) is 16.0 Å². The van der Waals surface area contributed by atoms with Crippen LogP contribution in [0.25, 0.3) is 0 Å². The highest BCUT2D eigenvalue weighted by Gasteiger charge is 2.40. The SMILES string of the molecule is CCc1ccccc1OC1CN(C(=O)[C@H]2CCCCN2C(=O)OC)C1. The van der Waals surface area contributed by atoms with Gasteiger partial charge in [0.15, 0.2) is 0 Å². The number of carbonyl (C=O) groups is 2. The number of ether oxygens (including phenoxy) is 2. The van der Waals surface area contributed by atoms with Crippen molar-refractivity contribution in [2.75, 3.05) is 26.7 Å². The molecule has 0 spiro atoms.